The van der Waals surface area contributed by atoms with E-state index in [1.54, 1.807) is 11.6 Å². The van der Waals surface area contributed by atoms with E-state index in [1.165, 1.54) is 6.33 Å². The molecule has 102 valence electrons. The number of rotatable bonds is 4. The van der Waals surface area contributed by atoms with Crippen LogP contribution in [0.1, 0.15) is 24.7 Å². The molecule has 7 nitrogen and oxygen atoms in total. The molecule has 2 rings (SSSR count). The predicted octanol–water partition coefficient (Wildman–Crippen LogP) is 0.319. The molecule has 1 N–H and O–H groups in total. The molecule has 0 atom stereocenters. The highest BCUT2D eigenvalue weighted by molar-refractivity contribution is 6.30. The second-order valence-electron chi connectivity index (χ2n) is 4.22. The molecule has 2 aromatic rings. The molecule has 0 aliphatic carbocycles. The lowest BCUT2D eigenvalue weighted by molar-refractivity contribution is 0.630. The number of hydrogen-bond donors (Lipinski definition) is 1. The summed E-state index contributed by atoms with van der Waals surface area (Å²) in [6.07, 6.45) is 2.80. The number of nitrogens with zero attached hydrogens (tertiary/aromatic N) is 4. The van der Waals surface area contributed by atoms with Crippen LogP contribution in [0.15, 0.2) is 15.9 Å². The van der Waals surface area contributed by atoms with Gasteiger partial charge in [-0.1, -0.05) is 24.9 Å². The number of H-pyrrole nitrogens is 1. The van der Waals surface area contributed by atoms with Gasteiger partial charge in [0.05, 0.1) is 12.1 Å². The molecule has 2 heterocycles. The van der Waals surface area contributed by atoms with Gasteiger partial charge < -0.3 is 4.57 Å². The van der Waals surface area contributed by atoms with Crippen LogP contribution in [0.4, 0.5) is 0 Å². The number of halogens is 1. The first-order valence-electron chi connectivity index (χ1n) is 5.89. The van der Waals surface area contributed by atoms with Crippen molar-refractivity contribution < 1.29 is 0 Å². The van der Waals surface area contributed by atoms with Gasteiger partial charge in [-0.15, -0.1) is 10.2 Å². The average Bonchev–Trinajstić information content (AvgIpc) is 2.76. The Kier molecular flexibility index (Phi) is 3.84. The van der Waals surface area contributed by atoms with Crippen LogP contribution < -0.4 is 11.2 Å². The van der Waals surface area contributed by atoms with Gasteiger partial charge in [0.2, 0.25) is 0 Å². The van der Waals surface area contributed by atoms with E-state index < -0.39 is 5.69 Å². The zero-order valence-electron chi connectivity index (χ0n) is 10.7. The van der Waals surface area contributed by atoms with Gasteiger partial charge in [0.25, 0.3) is 5.56 Å². The summed E-state index contributed by atoms with van der Waals surface area (Å²) in [4.78, 5) is 26.5. The Morgan fingerprint density at radius 2 is 2.16 bits per heavy atom. The topological polar surface area (TPSA) is 85.6 Å². The standard InChI is InChI=1S/C11H14ClN5O2/c1-3-4-7-9(12)14-11(19)17(10(7)18)5-8-15-13-6-16(8)2/h6H,3-5H2,1-2H3,(H,14,19). The maximum atomic E-state index is 12.2. The number of hydrogen-bond acceptors (Lipinski definition) is 4. The van der Waals surface area contributed by atoms with E-state index >= 15 is 0 Å². The molecule has 0 bridgehead atoms. The van der Waals surface area contributed by atoms with E-state index in [9.17, 15) is 9.59 Å². The van der Waals surface area contributed by atoms with Gasteiger partial charge in [0, 0.05) is 7.05 Å². The molecule has 2 aromatic heterocycles. The van der Waals surface area contributed by atoms with E-state index in [2.05, 4.69) is 15.2 Å². The maximum Gasteiger partial charge on any atom is 0.329 e. The van der Waals surface area contributed by atoms with Crippen LogP contribution in [0.3, 0.4) is 0 Å². The monoisotopic (exact) mass is 283 g/mol. The van der Waals surface area contributed by atoms with Gasteiger partial charge in [-0.25, -0.2) is 4.79 Å². The van der Waals surface area contributed by atoms with Gasteiger partial charge in [0.1, 0.15) is 11.5 Å². The van der Waals surface area contributed by atoms with Gasteiger partial charge in [-0.2, -0.15) is 0 Å². The van der Waals surface area contributed by atoms with Gasteiger partial charge >= 0.3 is 5.69 Å². The number of aryl methyl sites for hydroxylation is 1. The normalized spacial score (nSPS) is 10.9. The summed E-state index contributed by atoms with van der Waals surface area (Å²) in [6.45, 7) is 2.01. The lowest BCUT2D eigenvalue weighted by atomic mass is 10.2. The largest absolute Gasteiger partial charge is 0.329 e. The number of aromatic amines is 1. The summed E-state index contributed by atoms with van der Waals surface area (Å²) in [5.41, 5.74) is -0.498. The minimum atomic E-state index is -0.544. The summed E-state index contributed by atoms with van der Waals surface area (Å²) in [5, 5.41) is 7.69. The van der Waals surface area contributed by atoms with Crippen molar-refractivity contribution in [2.24, 2.45) is 7.05 Å². The third-order valence-corrected chi connectivity index (χ3v) is 3.16. The average molecular weight is 284 g/mol. The highest BCUT2D eigenvalue weighted by atomic mass is 35.5. The first-order chi connectivity index (χ1) is 9.04. The Morgan fingerprint density at radius 1 is 1.42 bits per heavy atom. The molecule has 0 unspecified atom stereocenters. The fourth-order valence-corrected chi connectivity index (χ4v) is 2.04. The summed E-state index contributed by atoms with van der Waals surface area (Å²) in [6, 6.07) is 0. The fraction of sp³-hybridized carbons (Fsp3) is 0.455. The smallest absolute Gasteiger partial charge is 0.319 e. The second-order valence-corrected chi connectivity index (χ2v) is 4.60. The Hall–Kier alpha value is -1.89. The molecule has 0 aromatic carbocycles. The van der Waals surface area contributed by atoms with Crippen LogP contribution >= 0.6 is 11.6 Å². The van der Waals surface area contributed by atoms with Gasteiger partial charge in [0.15, 0.2) is 5.82 Å². The summed E-state index contributed by atoms with van der Waals surface area (Å²) in [7, 11) is 1.75. The first-order valence-corrected chi connectivity index (χ1v) is 6.26. The molecule has 19 heavy (non-hydrogen) atoms. The molecule has 8 heteroatoms. The van der Waals surface area contributed by atoms with Crippen LogP contribution in [-0.2, 0) is 20.0 Å². The predicted molar refractivity (Wildman–Crippen MR) is 70.4 cm³/mol. The summed E-state index contributed by atoms with van der Waals surface area (Å²) >= 11 is 5.90. The molecular weight excluding hydrogens is 270 g/mol. The molecule has 0 radical (unpaired) electrons. The van der Waals surface area contributed by atoms with Gasteiger partial charge in [-0.05, 0) is 6.42 Å². The lowest BCUT2D eigenvalue weighted by Crippen LogP contribution is -2.38. The van der Waals surface area contributed by atoms with Crippen molar-refractivity contribution in [1.82, 2.24) is 24.3 Å². The summed E-state index contributed by atoms with van der Waals surface area (Å²) in [5.74, 6) is 0.525. The SMILES string of the molecule is CCCc1c(Cl)[nH]c(=O)n(Cc2nncn2C)c1=O. The molecule has 0 saturated carbocycles. The highest BCUT2D eigenvalue weighted by Gasteiger charge is 2.13. The lowest BCUT2D eigenvalue weighted by Gasteiger charge is -2.07. The molecule has 0 amide bonds. The molecule has 0 fully saturated rings. The van der Waals surface area contributed by atoms with Gasteiger partial charge in [-0.3, -0.25) is 14.3 Å². The number of aromatic nitrogens is 5. The van der Waals surface area contributed by atoms with Crippen molar-refractivity contribution in [3.05, 3.63) is 43.7 Å². The minimum Gasteiger partial charge on any atom is -0.319 e. The number of nitrogens with one attached hydrogen (secondary N) is 1. The van der Waals surface area contributed by atoms with Crippen LogP contribution in [-0.4, -0.2) is 24.3 Å². The van der Waals surface area contributed by atoms with Crippen LogP contribution in [0.2, 0.25) is 5.15 Å². The van der Waals surface area contributed by atoms with E-state index in [1.807, 2.05) is 6.92 Å². The Labute approximate surface area is 113 Å². The van der Waals surface area contributed by atoms with E-state index in [0.717, 1.165) is 11.0 Å². The zero-order chi connectivity index (χ0) is 14.0. The maximum absolute atomic E-state index is 12.2. The third kappa shape index (κ3) is 2.60. The van der Waals surface area contributed by atoms with Crippen LogP contribution in [0.25, 0.3) is 0 Å². The van der Waals surface area contributed by atoms with Crippen LogP contribution in [0, 0.1) is 0 Å². The van der Waals surface area contributed by atoms with Crippen molar-refractivity contribution in [2.75, 3.05) is 0 Å². The van der Waals surface area contributed by atoms with E-state index in [0.29, 0.717) is 17.8 Å². The molecule has 0 spiro atoms. The van der Waals surface area contributed by atoms with E-state index in [4.69, 9.17) is 11.6 Å². The van der Waals surface area contributed by atoms with Crippen molar-refractivity contribution in [3.8, 4) is 0 Å². The Morgan fingerprint density at radius 3 is 2.74 bits per heavy atom. The molecule has 0 aliphatic heterocycles. The first kappa shape index (κ1) is 13.5. The fourth-order valence-electron chi connectivity index (χ4n) is 1.79. The minimum absolute atomic E-state index is 0.0680. The van der Waals surface area contributed by atoms with Crippen molar-refractivity contribution >= 4 is 11.6 Å². The van der Waals surface area contributed by atoms with Crippen molar-refractivity contribution in [2.45, 2.75) is 26.3 Å². The second kappa shape index (κ2) is 5.40. The Bertz CT molecular complexity index is 700. The van der Waals surface area contributed by atoms with E-state index in [-0.39, 0.29) is 17.3 Å². The third-order valence-electron chi connectivity index (χ3n) is 2.83. The zero-order valence-corrected chi connectivity index (χ0v) is 11.4. The Balaban J connectivity index is 2.52. The molecule has 0 aliphatic rings. The highest BCUT2D eigenvalue weighted by Crippen LogP contribution is 2.08. The van der Waals surface area contributed by atoms with Crippen molar-refractivity contribution in [1.29, 1.82) is 0 Å². The quantitative estimate of drug-likeness (QED) is 0.819. The molecule has 0 saturated heterocycles. The van der Waals surface area contributed by atoms with Crippen LogP contribution in [0.5, 0.6) is 0 Å². The summed E-state index contributed by atoms with van der Waals surface area (Å²) < 4.78 is 2.74. The van der Waals surface area contributed by atoms with Crippen molar-refractivity contribution in [3.63, 3.8) is 0 Å². The molecular formula is C11H14ClN5O2.